The van der Waals surface area contributed by atoms with E-state index in [0.717, 1.165) is 9.92 Å². The minimum absolute atomic E-state index is 0.182. The highest BCUT2D eigenvalue weighted by atomic mass is 35.5. The van der Waals surface area contributed by atoms with Crippen LogP contribution in [0.15, 0.2) is 40.3 Å². The van der Waals surface area contributed by atoms with Gasteiger partial charge in [-0.1, -0.05) is 23.4 Å². The van der Waals surface area contributed by atoms with Crippen molar-refractivity contribution in [3.8, 4) is 6.07 Å². The molecule has 19 heavy (non-hydrogen) atoms. The molecule has 2 N–H and O–H groups in total. The van der Waals surface area contributed by atoms with Crippen LogP contribution in [-0.4, -0.2) is 4.57 Å². The number of anilines is 1. The van der Waals surface area contributed by atoms with Crippen molar-refractivity contribution >= 4 is 29.1 Å². The summed E-state index contributed by atoms with van der Waals surface area (Å²) in [6, 6.07) is 11.6. The van der Waals surface area contributed by atoms with Crippen LogP contribution in [0.3, 0.4) is 0 Å². The van der Waals surface area contributed by atoms with E-state index in [2.05, 4.69) is 6.07 Å². The minimum atomic E-state index is 0.182. The molecule has 1 heterocycles. The molecule has 0 unspecified atom stereocenters. The first-order valence-electron chi connectivity index (χ1n) is 5.87. The molecule has 98 valence electrons. The van der Waals surface area contributed by atoms with E-state index < -0.39 is 0 Å². The normalized spacial score (nSPS) is 10.7. The number of nitrogen functional groups attached to an aromatic ring is 1. The van der Waals surface area contributed by atoms with Crippen molar-refractivity contribution in [2.75, 3.05) is 5.73 Å². The van der Waals surface area contributed by atoms with E-state index in [1.165, 1.54) is 0 Å². The molecule has 0 bridgehead atoms. The van der Waals surface area contributed by atoms with Crippen molar-refractivity contribution in [1.82, 2.24) is 4.57 Å². The van der Waals surface area contributed by atoms with E-state index in [0.29, 0.717) is 16.4 Å². The first-order chi connectivity index (χ1) is 9.02. The van der Waals surface area contributed by atoms with Gasteiger partial charge in [0.2, 0.25) is 0 Å². The van der Waals surface area contributed by atoms with Crippen LogP contribution < -0.4 is 5.73 Å². The highest BCUT2D eigenvalue weighted by molar-refractivity contribution is 7.99. The van der Waals surface area contributed by atoms with Gasteiger partial charge in [-0.25, -0.2) is 0 Å². The molecule has 2 aromatic rings. The average molecular weight is 292 g/mol. The molecule has 5 heteroatoms. The second kappa shape index (κ2) is 5.60. The summed E-state index contributed by atoms with van der Waals surface area (Å²) in [4.78, 5) is 1.04. The standard InChI is InChI=1S/C14H14ClN3S/c1-9(2)18-11(8-16)7-13(17)14(18)19-12-5-3-10(15)4-6-12/h3-7,9H,17H2,1-2H3. The van der Waals surface area contributed by atoms with E-state index in [1.807, 2.05) is 42.7 Å². The van der Waals surface area contributed by atoms with E-state index in [4.69, 9.17) is 22.6 Å². The first-order valence-corrected chi connectivity index (χ1v) is 7.06. The number of aromatic nitrogens is 1. The number of rotatable bonds is 3. The van der Waals surface area contributed by atoms with Crippen LogP contribution in [0.1, 0.15) is 25.6 Å². The maximum Gasteiger partial charge on any atom is 0.123 e. The third kappa shape index (κ3) is 2.89. The fourth-order valence-corrected chi connectivity index (χ4v) is 3.05. The first kappa shape index (κ1) is 13.9. The van der Waals surface area contributed by atoms with Crippen molar-refractivity contribution in [3.63, 3.8) is 0 Å². The topological polar surface area (TPSA) is 54.7 Å². The molecule has 0 aliphatic heterocycles. The van der Waals surface area contributed by atoms with E-state index in [9.17, 15) is 0 Å². The minimum Gasteiger partial charge on any atom is -0.397 e. The smallest absolute Gasteiger partial charge is 0.123 e. The van der Waals surface area contributed by atoms with Crippen LogP contribution in [0.4, 0.5) is 5.69 Å². The van der Waals surface area contributed by atoms with Crippen LogP contribution in [0.25, 0.3) is 0 Å². The summed E-state index contributed by atoms with van der Waals surface area (Å²) in [5, 5.41) is 10.8. The van der Waals surface area contributed by atoms with Crippen molar-refractivity contribution in [1.29, 1.82) is 5.26 Å². The van der Waals surface area contributed by atoms with Gasteiger partial charge in [-0.05, 0) is 44.2 Å². The Bertz CT molecular complexity index is 623. The molecule has 0 amide bonds. The van der Waals surface area contributed by atoms with Gasteiger partial charge in [0.1, 0.15) is 16.8 Å². The van der Waals surface area contributed by atoms with Crippen LogP contribution >= 0.6 is 23.4 Å². The molecule has 0 fully saturated rings. The van der Waals surface area contributed by atoms with Gasteiger partial charge >= 0.3 is 0 Å². The van der Waals surface area contributed by atoms with Gasteiger partial charge in [0.15, 0.2) is 0 Å². The van der Waals surface area contributed by atoms with Gasteiger partial charge in [-0.15, -0.1) is 0 Å². The summed E-state index contributed by atoms with van der Waals surface area (Å²) < 4.78 is 1.95. The van der Waals surface area contributed by atoms with Crippen molar-refractivity contribution in [2.45, 2.75) is 29.8 Å². The molecule has 0 saturated carbocycles. The van der Waals surface area contributed by atoms with Crippen molar-refractivity contribution < 1.29 is 0 Å². The maximum atomic E-state index is 9.15. The van der Waals surface area contributed by atoms with Crippen molar-refractivity contribution in [2.24, 2.45) is 0 Å². The third-order valence-electron chi connectivity index (χ3n) is 2.68. The SMILES string of the molecule is CC(C)n1c(C#N)cc(N)c1Sc1ccc(Cl)cc1. The monoisotopic (exact) mass is 291 g/mol. The Morgan fingerprint density at radius 1 is 1.32 bits per heavy atom. The molecule has 0 saturated heterocycles. The molecule has 0 aliphatic carbocycles. The highest BCUT2D eigenvalue weighted by Crippen LogP contribution is 2.36. The summed E-state index contributed by atoms with van der Waals surface area (Å²) in [6.45, 7) is 4.07. The van der Waals surface area contributed by atoms with Crippen LogP contribution in [0, 0.1) is 11.3 Å². The Kier molecular flexibility index (Phi) is 4.08. The predicted molar refractivity (Wildman–Crippen MR) is 79.5 cm³/mol. The number of hydrogen-bond donors (Lipinski definition) is 1. The van der Waals surface area contributed by atoms with Crippen LogP contribution in [-0.2, 0) is 0 Å². The van der Waals surface area contributed by atoms with Gasteiger partial charge in [-0.2, -0.15) is 5.26 Å². The molecular weight excluding hydrogens is 278 g/mol. The molecule has 0 aliphatic rings. The van der Waals surface area contributed by atoms with Gasteiger partial charge in [0, 0.05) is 16.0 Å². The van der Waals surface area contributed by atoms with Crippen LogP contribution in [0.5, 0.6) is 0 Å². The van der Waals surface area contributed by atoms with Crippen LogP contribution in [0.2, 0.25) is 5.02 Å². The molecule has 3 nitrogen and oxygen atoms in total. The molecule has 0 radical (unpaired) electrons. The molecular formula is C14H14ClN3S. The second-order valence-corrected chi connectivity index (χ2v) is 5.92. The highest BCUT2D eigenvalue weighted by Gasteiger charge is 2.16. The number of nitrogens with two attached hydrogens (primary N) is 1. The molecule has 0 atom stereocenters. The number of nitrogens with zero attached hydrogens (tertiary/aromatic N) is 2. The van der Waals surface area contributed by atoms with E-state index in [1.54, 1.807) is 17.8 Å². The molecule has 1 aromatic heterocycles. The summed E-state index contributed by atoms with van der Waals surface area (Å²) in [5.41, 5.74) is 7.23. The van der Waals surface area contributed by atoms with Gasteiger partial charge in [0.05, 0.1) is 5.69 Å². The van der Waals surface area contributed by atoms with E-state index >= 15 is 0 Å². The lowest BCUT2D eigenvalue weighted by Crippen LogP contribution is -2.05. The number of benzene rings is 1. The Morgan fingerprint density at radius 3 is 2.47 bits per heavy atom. The fourth-order valence-electron chi connectivity index (χ4n) is 1.85. The van der Waals surface area contributed by atoms with Gasteiger partial charge in [0.25, 0.3) is 0 Å². The van der Waals surface area contributed by atoms with Gasteiger partial charge < -0.3 is 10.3 Å². The lowest BCUT2D eigenvalue weighted by atomic mass is 10.3. The zero-order chi connectivity index (χ0) is 14.0. The fraction of sp³-hybridized carbons (Fsp3) is 0.214. The number of halogens is 1. The maximum absolute atomic E-state index is 9.15. The largest absolute Gasteiger partial charge is 0.397 e. The lowest BCUT2D eigenvalue weighted by molar-refractivity contribution is 0.557. The Morgan fingerprint density at radius 2 is 1.95 bits per heavy atom. The second-order valence-electron chi connectivity index (χ2n) is 4.42. The number of nitriles is 1. The Labute approximate surface area is 122 Å². The Hall–Kier alpha value is -1.57. The Balaban J connectivity index is 2.42. The molecule has 2 rings (SSSR count). The summed E-state index contributed by atoms with van der Waals surface area (Å²) in [7, 11) is 0. The average Bonchev–Trinajstić information content (AvgIpc) is 2.69. The zero-order valence-electron chi connectivity index (χ0n) is 10.7. The number of hydrogen-bond acceptors (Lipinski definition) is 3. The predicted octanol–water partition coefficient (Wildman–Crippen LogP) is 4.33. The van der Waals surface area contributed by atoms with Crippen molar-refractivity contribution in [3.05, 3.63) is 41.0 Å². The van der Waals surface area contributed by atoms with Gasteiger partial charge in [-0.3, -0.25) is 0 Å². The van der Waals surface area contributed by atoms with E-state index in [-0.39, 0.29) is 6.04 Å². The zero-order valence-corrected chi connectivity index (χ0v) is 12.3. The lowest BCUT2D eigenvalue weighted by Gasteiger charge is -2.14. The third-order valence-corrected chi connectivity index (χ3v) is 4.06. The quantitative estimate of drug-likeness (QED) is 0.916. The summed E-state index contributed by atoms with van der Waals surface area (Å²) >= 11 is 7.41. The summed E-state index contributed by atoms with van der Waals surface area (Å²) in [5.74, 6) is 0. The molecule has 0 spiro atoms. The molecule has 1 aromatic carbocycles. The summed E-state index contributed by atoms with van der Waals surface area (Å²) in [6.07, 6.45) is 0.